The summed E-state index contributed by atoms with van der Waals surface area (Å²) < 4.78 is 0. The molecule has 0 aliphatic carbocycles. The van der Waals surface area contributed by atoms with Gasteiger partial charge in [-0.25, -0.2) is 0 Å². The zero-order chi connectivity index (χ0) is 12.3. The molecule has 0 saturated heterocycles. The van der Waals surface area contributed by atoms with Gasteiger partial charge in [-0.2, -0.15) is 0 Å². The lowest BCUT2D eigenvalue weighted by molar-refractivity contribution is 0.616. The van der Waals surface area contributed by atoms with E-state index in [4.69, 9.17) is 5.73 Å². The molecule has 3 N–H and O–H groups in total. The molecule has 0 aliphatic rings. The van der Waals surface area contributed by atoms with E-state index in [9.17, 15) is 0 Å². The number of benzene rings is 2. The number of hydrogen-bond donors (Lipinski definition) is 2. The Kier molecular flexibility index (Phi) is 3.77. The van der Waals surface area contributed by atoms with Crippen LogP contribution in [0.3, 0.4) is 0 Å². The predicted octanol–water partition coefficient (Wildman–Crippen LogP) is 2.76. The second-order valence-corrected chi connectivity index (χ2v) is 4.61. The minimum absolute atomic E-state index is 0.119. The quantitative estimate of drug-likeness (QED) is 0.844. The summed E-state index contributed by atoms with van der Waals surface area (Å²) in [6.45, 7) is 3.07. The van der Waals surface area contributed by atoms with Crippen molar-refractivity contribution < 1.29 is 0 Å². The van der Waals surface area contributed by atoms with Crippen molar-refractivity contribution in [3.63, 3.8) is 0 Å². The van der Waals surface area contributed by atoms with Gasteiger partial charge in [0, 0.05) is 6.04 Å². The van der Waals surface area contributed by atoms with Gasteiger partial charge in [-0.05, 0) is 49.3 Å². The van der Waals surface area contributed by atoms with Crippen molar-refractivity contribution in [3.05, 3.63) is 47.5 Å². The second kappa shape index (κ2) is 5.30. The Bertz CT molecular complexity index is 505. The Morgan fingerprint density at radius 2 is 1.82 bits per heavy atom. The maximum absolute atomic E-state index is 6.16. The maximum Gasteiger partial charge on any atom is 0.0307 e. The predicted molar refractivity (Wildman–Crippen MR) is 74.2 cm³/mol. The maximum atomic E-state index is 6.16. The van der Waals surface area contributed by atoms with Crippen LogP contribution in [0.5, 0.6) is 0 Å². The van der Waals surface area contributed by atoms with Crippen molar-refractivity contribution in [2.75, 3.05) is 13.6 Å². The highest BCUT2D eigenvalue weighted by atomic mass is 14.8. The van der Waals surface area contributed by atoms with Gasteiger partial charge in [0.05, 0.1) is 0 Å². The summed E-state index contributed by atoms with van der Waals surface area (Å²) in [7, 11) is 1.95. The fraction of sp³-hybridized carbons (Fsp3) is 0.333. The third kappa shape index (κ3) is 2.84. The SMILES string of the molecule is CNCCC(N)c1ccc2cc(C)ccc2c1. The van der Waals surface area contributed by atoms with Crippen molar-refractivity contribution >= 4 is 10.8 Å². The van der Waals surface area contributed by atoms with Crippen molar-refractivity contribution in [3.8, 4) is 0 Å². The second-order valence-electron chi connectivity index (χ2n) is 4.61. The van der Waals surface area contributed by atoms with Crippen molar-refractivity contribution in [1.82, 2.24) is 5.32 Å². The van der Waals surface area contributed by atoms with Crippen LogP contribution < -0.4 is 11.1 Å². The summed E-state index contributed by atoms with van der Waals surface area (Å²) >= 11 is 0. The molecule has 1 unspecified atom stereocenters. The number of nitrogens with two attached hydrogens (primary N) is 1. The molecule has 2 aromatic carbocycles. The van der Waals surface area contributed by atoms with Crippen molar-refractivity contribution in [2.45, 2.75) is 19.4 Å². The average molecular weight is 228 g/mol. The highest BCUT2D eigenvalue weighted by Crippen LogP contribution is 2.21. The first kappa shape index (κ1) is 12.1. The molecule has 17 heavy (non-hydrogen) atoms. The molecule has 0 aromatic heterocycles. The summed E-state index contributed by atoms with van der Waals surface area (Å²) in [4.78, 5) is 0. The van der Waals surface area contributed by atoms with Crippen molar-refractivity contribution in [1.29, 1.82) is 0 Å². The van der Waals surface area contributed by atoms with Crippen LogP contribution in [0, 0.1) is 6.92 Å². The van der Waals surface area contributed by atoms with Crippen LogP contribution in [-0.4, -0.2) is 13.6 Å². The summed E-state index contributed by atoms with van der Waals surface area (Å²) in [5.74, 6) is 0. The molecule has 0 amide bonds. The van der Waals surface area contributed by atoms with Gasteiger partial charge in [0.15, 0.2) is 0 Å². The van der Waals surface area contributed by atoms with E-state index in [0.29, 0.717) is 0 Å². The van der Waals surface area contributed by atoms with Gasteiger partial charge >= 0.3 is 0 Å². The molecule has 2 rings (SSSR count). The average Bonchev–Trinajstić information content (AvgIpc) is 2.35. The molecule has 0 aliphatic heterocycles. The minimum Gasteiger partial charge on any atom is -0.324 e. The monoisotopic (exact) mass is 228 g/mol. The van der Waals surface area contributed by atoms with E-state index in [1.807, 2.05) is 7.05 Å². The van der Waals surface area contributed by atoms with E-state index in [1.54, 1.807) is 0 Å². The van der Waals surface area contributed by atoms with Gasteiger partial charge < -0.3 is 11.1 Å². The first-order valence-corrected chi connectivity index (χ1v) is 6.11. The van der Waals surface area contributed by atoms with Crippen molar-refractivity contribution in [2.24, 2.45) is 5.73 Å². The van der Waals surface area contributed by atoms with Crippen LogP contribution in [0.2, 0.25) is 0 Å². The first-order valence-electron chi connectivity index (χ1n) is 6.11. The third-order valence-corrected chi connectivity index (χ3v) is 3.15. The van der Waals surface area contributed by atoms with E-state index >= 15 is 0 Å². The molecule has 90 valence electrons. The molecule has 2 nitrogen and oxygen atoms in total. The molecule has 2 aromatic rings. The minimum atomic E-state index is 0.119. The lowest BCUT2D eigenvalue weighted by atomic mass is 9.99. The van der Waals surface area contributed by atoms with Gasteiger partial charge in [0.25, 0.3) is 0 Å². The normalized spacial score (nSPS) is 12.9. The van der Waals surface area contributed by atoms with Crippen LogP contribution in [0.15, 0.2) is 36.4 Å². The third-order valence-electron chi connectivity index (χ3n) is 3.15. The summed E-state index contributed by atoms with van der Waals surface area (Å²) in [6.07, 6.45) is 0.966. The molecule has 0 heterocycles. The van der Waals surface area contributed by atoms with E-state index in [-0.39, 0.29) is 6.04 Å². The van der Waals surface area contributed by atoms with Crippen LogP contribution in [-0.2, 0) is 0 Å². The van der Waals surface area contributed by atoms with Crippen LogP contribution in [0.4, 0.5) is 0 Å². The van der Waals surface area contributed by atoms with E-state index < -0.39 is 0 Å². The number of nitrogens with one attached hydrogen (secondary N) is 1. The molecule has 2 heteroatoms. The highest BCUT2D eigenvalue weighted by molar-refractivity contribution is 5.83. The Balaban J connectivity index is 2.28. The topological polar surface area (TPSA) is 38.0 Å². The molecule has 0 radical (unpaired) electrons. The van der Waals surface area contributed by atoms with Gasteiger partial charge in [-0.3, -0.25) is 0 Å². The Morgan fingerprint density at radius 3 is 2.59 bits per heavy atom. The smallest absolute Gasteiger partial charge is 0.0307 e. The van der Waals surface area contributed by atoms with Gasteiger partial charge in [0.2, 0.25) is 0 Å². The van der Waals surface area contributed by atoms with Gasteiger partial charge in [-0.1, -0.05) is 35.9 Å². The molecule has 1 atom stereocenters. The molecular formula is C15H20N2. The van der Waals surface area contributed by atoms with Gasteiger partial charge in [-0.15, -0.1) is 0 Å². The fourth-order valence-electron chi connectivity index (χ4n) is 2.08. The largest absolute Gasteiger partial charge is 0.324 e. The summed E-state index contributed by atoms with van der Waals surface area (Å²) in [5, 5.41) is 5.69. The number of fused-ring (bicyclic) bond motifs is 1. The van der Waals surface area contributed by atoms with Crippen LogP contribution in [0.25, 0.3) is 10.8 Å². The lowest BCUT2D eigenvalue weighted by Gasteiger charge is -2.12. The van der Waals surface area contributed by atoms with E-state index in [0.717, 1.165) is 13.0 Å². The number of aryl methyl sites for hydroxylation is 1. The van der Waals surface area contributed by atoms with E-state index in [2.05, 4.69) is 48.6 Å². The summed E-state index contributed by atoms with van der Waals surface area (Å²) in [5.41, 5.74) is 8.68. The zero-order valence-electron chi connectivity index (χ0n) is 10.5. The fourth-order valence-corrected chi connectivity index (χ4v) is 2.08. The van der Waals surface area contributed by atoms with Gasteiger partial charge in [0.1, 0.15) is 0 Å². The summed E-state index contributed by atoms with van der Waals surface area (Å²) in [6, 6.07) is 13.1. The van der Waals surface area contributed by atoms with E-state index in [1.165, 1.54) is 21.9 Å². The van der Waals surface area contributed by atoms with Crippen LogP contribution >= 0.6 is 0 Å². The Morgan fingerprint density at radius 1 is 1.12 bits per heavy atom. The Labute approximate surface area is 103 Å². The first-order chi connectivity index (χ1) is 8.20. The number of rotatable bonds is 4. The molecule has 0 bridgehead atoms. The molecular weight excluding hydrogens is 208 g/mol. The molecule has 0 spiro atoms. The van der Waals surface area contributed by atoms with Crippen LogP contribution in [0.1, 0.15) is 23.6 Å². The highest BCUT2D eigenvalue weighted by Gasteiger charge is 2.05. The molecule has 0 saturated carbocycles. The molecule has 0 fully saturated rings. The standard InChI is InChI=1S/C15H20N2/c1-11-3-4-13-10-14(6-5-12(13)9-11)15(16)7-8-17-2/h3-6,9-10,15,17H,7-8,16H2,1-2H3. The lowest BCUT2D eigenvalue weighted by Crippen LogP contribution is -2.17. The Hall–Kier alpha value is -1.38. The zero-order valence-corrected chi connectivity index (χ0v) is 10.5. The number of hydrogen-bond acceptors (Lipinski definition) is 2.